The first-order chi connectivity index (χ1) is 5.88. The second-order valence-electron chi connectivity index (χ2n) is 2.98. The monoisotopic (exact) mass is 186 g/mol. The topological polar surface area (TPSA) is 42.7 Å². The molecule has 1 N–H and O–H groups in total. The highest BCUT2D eigenvalue weighted by Crippen LogP contribution is 2.20. The van der Waals surface area contributed by atoms with Crippen molar-refractivity contribution >= 4 is 11.6 Å². The molecule has 5 heteroatoms. The molecule has 1 aliphatic rings. The predicted molar refractivity (Wildman–Crippen MR) is 46.2 cm³/mol. The Morgan fingerprint density at radius 3 is 2.83 bits per heavy atom. The number of nitrogens with one attached hydrogen (secondary N) is 1. The van der Waals surface area contributed by atoms with Crippen LogP contribution in [-0.2, 0) is 0 Å². The highest BCUT2D eigenvalue weighted by atomic mass is 35.5. The van der Waals surface area contributed by atoms with Gasteiger partial charge in [0.15, 0.2) is 0 Å². The van der Waals surface area contributed by atoms with Crippen LogP contribution in [0.15, 0.2) is 6.20 Å². The molecule has 0 radical (unpaired) electrons. The quantitative estimate of drug-likeness (QED) is 0.708. The number of aromatic nitrogens is 3. The summed E-state index contributed by atoms with van der Waals surface area (Å²) in [6.07, 6.45) is 3.76. The maximum atomic E-state index is 5.89. The molecule has 2 rings (SSSR count). The van der Waals surface area contributed by atoms with Gasteiger partial charge >= 0.3 is 0 Å². The Bertz CT molecular complexity index is 254. The maximum absolute atomic E-state index is 5.89. The molecule has 0 spiro atoms. The highest BCUT2D eigenvalue weighted by molar-refractivity contribution is 6.29. The van der Waals surface area contributed by atoms with Gasteiger partial charge in [-0.25, -0.2) is 4.68 Å². The number of rotatable bonds is 1. The second-order valence-corrected chi connectivity index (χ2v) is 3.37. The van der Waals surface area contributed by atoms with E-state index in [1.54, 1.807) is 6.20 Å². The van der Waals surface area contributed by atoms with Crippen LogP contribution in [0.5, 0.6) is 0 Å². The summed E-state index contributed by atoms with van der Waals surface area (Å²) in [4.78, 5) is 0. The van der Waals surface area contributed by atoms with Crippen molar-refractivity contribution in [3.63, 3.8) is 0 Å². The summed E-state index contributed by atoms with van der Waals surface area (Å²) < 4.78 is 1.81. The first-order valence-corrected chi connectivity index (χ1v) is 4.52. The molecule has 1 aliphatic heterocycles. The molecule has 4 nitrogen and oxygen atoms in total. The minimum atomic E-state index is 0.432. The Kier molecular flexibility index (Phi) is 2.28. The standard InChI is InChI=1S/C7H11ClN4/c8-7-5-10-11-12(7)6-1-3-9-4-2-6/h5-6,9H,1-4H2. The normalized spacial score (nSPS) is 19.8. The van der Waals surface area contributed by atoms with E-state index in [-0.39, 0.29) is 0 Å². The zero-order valence-electron chi connectivity index (χ0n) is 6.70. The molecular formula is C7H11ClN4. The van der Waals surface area contributed by atoms with E-state index in [4.69, 9.17) is 11.6 Å². The predicted octanol–water partition coefficient (Wildman–Crippen LogP) is 0.856. The first-order valence-electron chi connectivity index (χ1n) is 4.14. The van der Waals surface area contributed by atoms with E-state index in [1.165, 1.54) is 0 Å². The number of hydrogen-bond donors (Lipinski definition) is 1. The number of piperidine rings is 1. The van der Waals surface area contributed by atoms with Gasteiger partial charge in [0.05, 0.1) is 12.2 Å². The smallest absolute Gasteiger partial charge is 0.147 e. The molecule has 1 aromatic heterocycles. The van der Waals surface area contributed by atoms with Crippen LogP contribution in [0.2, 0.25) is 5.15 Å². The summed E-state index contributed by atoms with van der Waals surface area (Å²) >= 11 is 5.89. The van der Waals surface area contributed by atoms with E-state index in [9.17, 15) is 0 Å². The molecular weight excluding hydrogens is 176 g/mol. The van der Waals surface area contributed by atoms with Crippen LogP contribution in [0.4, 0.5) is 0 Å². The molecule has 0 atom stereocenters. The minimum absolute atomic E-state index is 0.432. The Hall–Kier alpha value is -0.610. The van der Waals surface area contributed by atoms with Crippen molar-refractivity contribution in [2.45, 2.75) is 18.9 Å². The van der Waals surface area contributed by atoms with Crippen molar-refractivity contribution in [2.24, 2.45) is 0 Å². The van der Waals surface area contributed by atoms with E-state index in [2.05, 4.69) is 15.6 Å². The molecule has 12 heavy (non-hydrogen) atoms. The molecule has 0 unspecified atom stereocenters. The van der Waals surface area contributed by atoms with Gasteiger partial charge in [0.1, 0.15) is 5.15 Å². The van der Waals surface area contributed by atoms with Crippen molar-refractivity contribution in [3.8, 4) is 0 Å². The lowest BCUT2D eigenvalue weighted by molar-refractivity contribution is 0.338. The Labute approximate surface area is 75.9 Å². The second kappa shape index (κ2) is 3.41. The van der Waals surface area contributed by atoms with Crippen LogP contribution in [-0.4, -0.2) is 28.1 Å². The average Bonchev–Trinajstić information content (AvgIpc) is 2.53. The van der Waals surface area contributed by atoms with Gasteiger partial charge in [-0.1, -0.05) is 16.8 Å². The third kappa shape index (κ3) is 1.44. The van der Waals surface area contributed by atoms with Crippen molar-refractivity contribution in [1.29, 1.82) is 0 Å². The Morgan fingerprint density at radius 2 is 2.25 bits per heavy atom. The van der Waals surface area contributed by atoms with Gasteiger partial charge < -0.3 is 5.32 Å². The van der Waals surface area contributed by atoms with Crippen LogP contribution in [0.3, 0.4) is 0 Å². The van der Waals surface area contributed by atoms with Crippen LogP contribution in [0.25, 0.3) is 0 Å². The summed E-state index contributed by atoms with van der Waals surface area (Å²) in [5.74, 6) is 0. The summed E-state index contributed by atoms with van der Waals surface area (Å²) in [5.41, 5.74) is 0. The first kappa shape index (κ1) is 8.01. The molecule has 0 bridgehead atoms. The van der Waals surface area contributed by atoms with Gasteiger partial charge in [0.2, 0.25) is 0 Å². The number of halogens is 1. The number of hydrogen-bond acceptors (Lipinski definition) is 3. The molecule has 0 amide bonds. The van der Waals surface area contributed by atoms with Crippen LogP contribution in [0, 0.1) is 0 Å². The third-order valence-electron chi connectivity index (χ3n) is 2.19. The molecule has 2 heterocycles. The summed E-state index contributed by atoms with van der Waals surface area (Å²) in [7, 11) is 0. The van der Waals surface area contributed by atoms with Gasteiger partial charge in [0.25, 0.3) is 0 Å². The van der Waals surface area contributed by atoms with E-state index in [1.807, 2.05) is 4.68 Å². The molecule has 0 aromatic carbocycles. The van der Waals surface area contributed by atoms with Gasteiger partial charge in [-0.05, 0) is 25.9 Å². The molecule has 66 valence electrons. The van der Waals surface area contributed by atoms with Crippen LogP contribution in [0.1, 0.15) is 18.9 Å². The molecule has 0 aliphatic carbocycles. The molecule has 1 aromatic rings. The van der Waals surface area contributed by atoms with Gasteiger partial charge in [-0.3, -0.25) is 0 Å². The fourth-order valence-corrected chi connectivity index (χ4v) is 1.75. The minimum Gasteiger partial charge on any atom is -0.317 e. The SMILES string of the molecule is Clc1cnnn1C1CCNCC1. The Morgan fingerprint density at radius 1 is 1.50 bits per heavy atom. The van der Waals surface area contributed by atoms with E-state index >= 15 is 0 Å². The lowest BCUT2D eigenvalue weighted by Crippen LogP contribution is -2.29. The van der Waals surface area contributed by atoms with Crippen molar-refractivity contribution < 1.29 is 0 Å². The lowest BCUT2D eigenvalue weighted by Gasteiger charge is -2.22. The largest absolute Gasteiger partial charge is 0.317 e. The van der Waals surface area contributed by atoms with Crippen molar-refractivity contribution in [1.82, 2.24) is 20.3 Å². The summed E-state index contributed by atoms with van der Waals surface area (Å²) in [6.45, 7) is 2.09. The van der Waals surface area contributed by atoms with Gasteiger partial charge in [0, 0.05) is 0 Å². The zero-order valence-corrected chi connectivity index (χ0v) is 7.46. The van der Waals surface area contributed by atoms with Crippen molar-refractivity contribution in [3.05, 3.63) is 11.3 Å². The average molecular weight is 187 g/mol. The molecule has 0 saturated carbocycles. The number of nitrogens with zero attached hydrogens (tertiary/aromatic N) is 3. The fourth-order valence-electron chi connectivity index (χ4n) is 1.53. The zero-order chi connectivity index (χ0) is 8.39. The van der Waals surface area contributed by atoms with E-state index in [0.717, 1.165) is 25.9 Å². The van der Waals surface area contributed by atoms with E-state index in [0.29, 0.717) is 11.2 Å². The van der Waals surface area contributed by atoms with Crippen LogP contribution >= 0.6 is 11.6 Å². The van der Waals surface area contributed by atoms with Gasteiger partial charge in [-0.15, -0.1) is 5.10 Å². The third-order valence-corrected chi connectivity index (χ3v) is 2.46. The summed E-state index contributed by atoms with van der Waals surface area (Å²) in [5, 5.41) is 11.6. The van der Waals surface area contributed by atoms with Gasteiger partial charge in [-0.2, -0.15) is 0 Å². The van der Waals surface area contributed by atoms with E-state index < -0.39 is 0 Å². The summed E-state index contributed by atoms with van der Waals surface area (Å²) in [6, 6.07) is 0.432. The van der Waals surface area contributed by atoms with Crippen LogP contribution < -0.4 is 5.32 Å². The Balaban J connectivity index is 2.13. The molecule has 1 saturated heterocycles. The lowest BCUT2D eigenvalue weighted by atomic mass is 10.1. The maximum Gasteiger partial charge on any atom is 0.147 e. The highest BCUT2D eigenvalue weighted by Gasteiger charge is 2.17. The molecule has 1 fully saturated rings. The van der Waals surface area contributed by atoms with Crippen molar-refractivity contribution in [2.75, 3.05) is 13.1 Å². The fraction of sp³-hybridized carbons (Fsp3) is 0.714.